The summed E-state index contributed by atoms with van der Waals surface area (Å²) in [5.74, 6) is 0. The molecule has 2 atom stereocenters. The van der Waals surface area contributed by atoms with E-state index in [9.17, 15) is 20.2 Å². The lowest BCUT2D eigenvalue weighted by molar-refractivity contribution is -0.385. The molecule has 0 aromatic heterocycles. The Hall–Kier alpha value is -3.32. The third kappa shape index (κ3) is 4.36. The summed E-state index contributed by atoms with van der Waals surface area (Å²) < 4.78 is 5.95. The molecule has 0 aliphatic rings. The lowest BCUT2D eigenvalue weighted by Gasteiger charge is -2.21. The van der Waals surface area contributed by atoms with Gasteiger partial charge in [0.15, 0.2) is 0 Å². The largest absolute Gasteiger partial charge is 0.357 e. The molecule has 0 aliphatic carbocycles. The topological polar surface area (TPSA) is 95.5 Å². The Morgan fingerprint density at radius 3 is 1.32 bits per heavy atom. The summed E-state index contributed by atoms with van der Waals surface area (Å²) in [5.41, 5.74) is 1.38. The van der Waals surface area contributed by atoms with E-state index in [4.69, 9.17) is 4.74 Å². The lowest BCUT2D eigenvalue weighted by Crippen LogP contribution is -2.07. The SMILES string of the molecule is C=CC(OC(C=C)c1ccc([N+](=O)[O-])cc1)c1ccc([N+](=O)[O-])cc1. The van der Waals surface area contributed by atoms with E-state index in [2.05, 4.69) is 13.2 Å². The Morgan fingerprint density at radius 2 is 1.08 bits per heavy atom. The Morgan fingerprint density at radius 1 is 0.760 bits per heavy atom. The van der Waals surface area contributed by atoms with Crippen molar-refractivity contribution in [3.63, 3.8) is 0 Å². The van der Waals surface area contributed by atoms with E-state index < -0.39 is 22.1 Å². The normalized spacial score (nSPS) is 12.8. The van der Waals surface area contributed by atoms with Gasteiger partial charge < -0.3 is 4.74 Å². The van der Waals surface area contributed by atoms with Gasteiger partial charge in [0.25, 0.3) is 11.4 Å². The third-order valence-electron chi connectivity index (χ3n) is 3.59. The van der Waals surface area contributed by atoms with E-state index in [-0.39, 0.29) is 11.4 Å². The van der Waals surface area contributed by atoms with Crippen molar-refractivity contribution in [3.05, 3.63) is 105 Å². The first-order valence-corrected chi connectivity index (χ1v) is 7.35. The zero-order valence-electron chi connectivity index (χ0n) is 13.3. The van der Waals surface area contributed by atoms with E-state index in [1.807, 2.05) is 0 Å². The molecule has 0 spiro atoms. The molecule has 0 saturated heterocycles. The quantitative estimate of drug-likeness (QED) is 0.395. The Bertz CT molecular complexity index is 717. The average molecular weight is 340 g/mol. The molecule has 2 unspecified atom stereocenters. The monoisotopic (exact) mass is 340 g/mol. The van der Waals surface area contributed by atoms with Crippen LogP contribution in [0.3, 0.4) is 0 Å². The number of hydrogen-bond acceptors (Lipinski definition) is 5. The van der Waals surface area contributed by atoms with Gasteiger partial charge in [0.1, 0.15) is 12.2 Å². The maximum absolute atomic E-state index is 10.7. The van der Waals surface area contributed by atoms with Crippen molar-refractivity contribution in [3.8, 4) is 0 Å². The van der Waals surface area contributed by atoms with Crippen LogP contribution in [0.15, 0.2) is 73.8 Å². The minimum Gasteiger partial charge on any atom is -0.357 e. The maximum atomic E-state index is 10.7. The molecule has 0 aliphatic heterocycles. The van der Waals surface area contributed by atoms with Crippen molar-refractivity contribution in [2.45, 2.75) is 12.2 Å². The summed E-state index contributed by atoms with van der Waals surface area (Å²) in [4.78, 5) is 20.5. The fourth-order valence-corrected chi connectivity index (χ4v) is 2.27. The summed E-state index contributed by atoms with van der Waals surface area (Å²) in [5, 5.41) is 21.5. The first kappa shape index (κ1) is 18.0. The Balaban J connectivity index is 2.19. The molecule has 0 amide bonds. The zero-order chi connectivity index (χ0) is 18.4. The number of hydrogen-bond donors (Lipinski definition) is 0. The van der Waals surface area contributed by atoms with Crippen LogP contribution in [0.25, 0.3) is 0 Å². The number of non-ortho nitro benzene ring substituents is 2. The number of rotatable bonds is 8. The molecule has 2 aromatic rings. The van der Waals surface area contributed by atoms with E-state index in [1.54, 1.807) is 36.4 Å². The van der Waals surface area contributed by atoms with E-state index >= 15 is 0 Å². The Kier molecular flexibility index (Phi) is 5.75. The van der Waals surface area contributed by atoms with Crippen LogP contribution in [0, 0.1) is 20.2 Å². The molecule has 0 N–H and O–H groups in total. The van der Waals surface area contributed by atoms with Crippen LogP contribution in [0.2, 0.25) is 0 Å². The van der Waals surface area contributed by atoms with Crippen molar-refractivity contribution in [1.82, 2.24) is 0 Å². The highest BCUT2D eigenvalue weighted by atomic mass is 16.6. The fourth-order valence-electron chi connectivity index (χ4n) is 2.27. The van der Waals surface area contributed by atoms with Crippen molar-refractivity contribution in [1.29, 1.82) is 0 Å². The number of nitro benzene ring substituents is 2. The van der Waals surface area contributed by atoms with E-state index in [0.717, 1.165) is 0 Å². The molecule has 2 rings (SSSR count). The van der Waals surface area contributed by atoms with Gasteiger partial charge in [-0.1, -0.05) is 12.2 Å². The van der Waals surface area contributed by atoms with Gasteiger partial charge in [0.2, 0.25) is 0 Å². The van der Waals surface area contributed by atoms with Gasteiger partial charge in [0.05, 0.1) is 9.85 Å². The number of ether oxygens (including phenoxy) is 1. The second-order valence-corrected chi connectivity index (χ2v) is 5.15. The summed E-state index contributed by atoms with van der Waals surface area (Å²) in [6.45, 7) is 7.46. The zero-order valence-corrected chi connectivity index (χ0v) is 13.3. The van der Waals surface area contributed by atoms with Crippen molar-refractivity contribution >= 4 is 11.4 Å². The molecular formula is C18H16N2O5. The Labute approximate surface area is 144 Å². The van der Waals surface area contributed by atoms with Gasteiger partial charge in [-0.05, 0) is 35.4 Å². The average Bonchev–Trinajstić information content (AvgIpc) is 2.63. The molecule has 0 saturated carbocycles. The predicted octanol–water partition coefficient (Wildman–Crippen LogP) is 4.67. The van der Waals surface area contributed by atoms with E-state index in [1.165, 1.54) is 24.3 Å². The van der Waals surface area contributed by atoms with Gasteiger partial charge in [-0.3, -0.25) is 20.2 Å². The third-order valence-corrected chi connectivity index (χ3v) is 3.59. The van der Waals surface area contributed by atoms with Crippen LogP contribution in [0.4, 0.5) is 11.4 Å². The second-order valence-electron chi connectivity index (χ2n) is 5.15. The lowest BCUT2D eigenvalue weighted by atomic mass is 10.1. The van der Waals surface area contributed by atoms with Crippen molar-refractivity contribution in [2.24, 2.45) is 0 Å². The molecule has 25 heavy (non-hydrogen) atoms. The highest BCUT2D eigenvalue weighted by molar-refractivity contribution is 5.36. The first-order chi connectivity index (χ1) is 12.0. The number of benzene rings is 2. The van der Waals surface area contributed by atoms with Crippen molar-refractivity contribution in [2.75, 3.05) is 0 Å². The van der Waals surface area contributed by atoms with Crippen LogP contribution >= 0.6 is 0 Å². The van der Waals surface area contributed by atoms with Gasteiger partial charge in [0, 0.05) is 24.3 Å². The fraction of sp³-hybridized carbons (Fsp3) is 0.111. The standard InChI is InChI=1S/C18H16N2O5/c1-3-17(13-5-9-15(10-6-13)19(21)22)25-18(4-2)14-7-11-16(12-8-14)20(23)24/h3-12,17-18H,1-2H2. The van der Waals surface area contributed by atoms with Crippen LogP contribution in [0.5, 0.6) is 0 Å². The molecule has 0 fully saturated rings. The maximum Gasteiger partial charge on any atom is 0.269 e. The molecule has 2 aromatic carbocycles. The van der Waals surface area contributed by atoms with Crippen LogP contribution < -0.4 is 0 Å². The molecule has 0 heterocycles. The molecule has 0 bridgehead atoms. The molecule has 7 heteroatoms. The van der Waals surface area contributed by atoms with E-state index in [0.29, 0.717) is 11.1 Å². The summed E-state index contributed by atoms with van der Waals surface area (Å²) in [6, 6.07) is 12.0. The minimum atomic E-state index is -0.515. The van der Waals surface area contributed by atoms with Crippen molar-refractivity contribution < 1.29 is 14.6 Å². The summed E-state index contributed by atoms with van der Waals surface area (Å²) >= 11 is 0. The highest BCUT2D eigenvalue weighted by Crippen LogP contribution is 2.30. The number of nitro groups is 2. The second kappa shape index (κ2) is 7.98. The molecule has 128 valence electrons. The number of nitrogens with zero attached hydrogens (tertiary/aromatic N) is 2. The summed E-state index contributed by atoms with van der Waals surface area (Å²) in [6.07, 6.45) is 2.12. The summed E-state index contributed by atoms with van der Waals surface area (Å²) in [7, 11) is 0. The minimum absolute atomic E-state index is 0.0119. The molecular weight excluding hydrogens is 324 g/mol. The van der Waals surface area contributed by atoms with Gasteiger partial charge in [-0.15, -0.1) is 13.2 Å². The van der Waals surface area contributed by atoms with Gasteiger partial charge >= 0.3 is 0 Å². The highest BCUT2D eigenvalue weighted by Gasteiger charge is 2.17. The van der Waals surface area contributed by atoms with Crippen LogP contribution in [0.1, 0.15) is 23.3 Å². The smallest absolute Gasteiger partial charge is 0.269 e. The van der Waals surface area contributed by atoms with Gasteiger partial charge in [-0.2, -0.15) is 0 Å². The van der Waals surface area contributed by atoms with Crippen LogP contribution in [-0.4, -0.2) is 9.85 Å². The first-order valence-electron chi connectivity index (χ1n) is 7.35. The molecule has 0 radical (unpaired) electrons. The predicted molar refractivity (Wildman–Crippen MR) is 93.2 cm³/mol. The van der Waals surface area contributed by atoms with Crippen LogP contribution in [-0.2, 0) is 4.74 Å². The van der Waals surface area contributed by atoms with Gasteiger partial charge in [-0.25, -0.2) is 0 Å². The molecule has 7 nitrogen and oxygen atoms in total.